The fraction of sp³-hybridized carbons (Fsp3) is 0.0476. The number of allylic oxidation sites excluding steroid dienone is 5. The van der Waals surface area contributed by atoms with E-state index in [4.69, 9.17) is 11.6 Å². The number of rotatable bonds is 2. The maximum Gasteiger partial charge on any atom is 0.281 e. The van der Waals surface area contributed by atoms with Crippen LogP contribution in [0.1, 0.15) is 12.0 Å². The van der Waals surface area contributed by atoms with Crippen molar-refractivity contribution >= 4 is 28.9 Å². The van der Waals surface area contributed by atoms with Gasteiger partial charge in [0.2, 0.25) is 0 Å². The quantitative estimate of drug-likeness (QED) is 0.718. The number of hydrazone groups is 1. The van der Waals surface area contributed by atoms with Crippen LogP contribution in [0.25, 0.3) is 0 Å². The number of carbonyl (C=O) groups excluding carboxylic acids is 1. The summed E-state index contributed by atoms with van der Waals surface area (Å²) >= 11 is 6.20. The molecule has 1 heterocycles. The van der Waals surface area contributed by atoms with E-state index >= 15 is 0 Å². The zero-order valence-electron chi connectivity index (χ0n) is 13.4. The minimum atomic E-state index is -0.129. The number of hydrogen-bond acceptors (Lipinski definition) is 2. The third kappa shape index (κ3) is 2.94. The van der Waals surface area contributed by atoms with Gasteiger partial charge in [0.15, 0.2) is 0 Å². The second-order valence-electron chi connectivity index (χ2n) is 5.82. The van der Waals surface area contributed by atoms with Crippen LogP contribution in [0.3, 0.4) is 0 Å². The Kier molecular flexibility index (Phi) is 4.08. The van der Waals surface area contributed by atoms with Crippen molar-refractivity contribution in [1.82, 2.24) is 0 Å². The minimum absolute atomic E-state index is 0.129. The van der Waals surface area contributed by atoms with Gasteiger partial charge < -0.3 is 0 Å². The molecule has 0 atom stereocenters. The van der Waals surface area contributed by atoms with Crippen LogP contribution in [-0.2, 0) is 4.79 Å². The first kappa shape index (κ1) is 15.6. The van der Waals surface area contributed by atoms with Crippen molar-refractivity contribution in [1.29, 1.82) is 0 Å². The van der Waals surface area contributed by atoms with Gasteiger partial charge in [-0.15, -0.1) is 0 Å². The number of halogens is 1. The van der Waals surface area contributed by atoms with Gasteiger partial charge in [-0.2, -0.15) is 10.1 Å². The van der Waals surface area contributed by atoms with Gasteiger partial charge in [0.25, 0.3) is 5.91 Å². The van der Waals surface area contributed by atoms with E-state index < -0.39 is 0 Å². The summed E-state index contributed by atoms with van der Waals surface area (Å²) in [6, 6.07) is 19.2. The molecule has 4 heteroatoms. The molecule has 0 N–H and O–H groups in total. The number of hydrogen-bond donors (Lipinski definition) is 0. The highest BCUT2D eigenvalue weighted by molar-refractivity contribution is 6.36. The van der Waals surface area contributed by atoms with Gasteiger partial charge in [0.05, 0.1) is 11.3 Å². The zero-order valence-corrected chi connectivity index (χ0v) is 14.1. The molecule has 2 aliphatic rings. The molecule has 0 radical (unpaired) electrons. The van der Waals surface area contributed by atoms with Gasteiger partial charge >= 0.3 is 0 Å². The second kappa shape index (κ2) is 6.54. The lowest BCUT2D eigenvalue weighted by Gasteiger charge is -2.13. The van der Waals surface area contributed by atoms with Crippen LogP contribution >= 0.6 is 11.6 Å². The Balaban J connectivity index is 1.87. The SMILES string of the molecule is O=C1C(=C2C=CC=C(Cl)C2)C(c2ccccc2)=NN1c1ccccc1. The third-order valence-electron chi connectivity index (χ3n) is 4.15. The van der Waals surface area contributed by atoms with Gasteiger partial charge in [0, 0.05) is 17.0 Å². The Morgan fingerprint density at radius 3 is 2.32 bits per heavy atom. The highest BCUT2D eigenvalue weighted by Crippen LogP contribution is 2.32. The van der Waals surface area contributed by atoms with E-state index in [-0.39, 0.29) is 5.91 Å². The molecule has 0 saturated carbocycles. The Hall–Kier alpha value is -2.91. The van der Waals surface area contributed by atoms with Gasteiger partial charge in [-0.25, -0.2) is 0 Å². The lowest BCUT2D eigenvalue weighted by Crippen LogP contribution is -2.22. The molecule has 0 unspecified atom stereocenters. The topological polar surface area (TPSA) is 32.7 Å². The zero-order chi connectivity index (χ0) is 17.2. The first-order valence-corrected chi connectivity index (χ1v) is 8.41. The maximum absolute atomic E-state index is 13.2. The first-order chi connectivity index (χ1) is 12.2. The van der Waals surface area contributed by atoms with Gasteiger partial charge in [-0.3, -0.25) is 4.79 Å². The van der Waals surface area contributed by atoms with Crippen LogP contribution in [0.2, 0.25) is 0 Å². The van der Waals surface area contributed by atoms with Crippen molar-refractivity contribution < 1.29 is 4.79 Å². The largest absolute Gasteiger partial charge is 0.281 e. The molecule has 122 valence electrons. The summed E-state index contributed by atoms with van der Waals surface area (Å²) in [6.07, 6.45) is 6.19. The summed E-state index contributed by atoms with van der Waals surface area (Å²) in [7, 11) is 0. The number of benzene rings is 2. The van der Waals surface area contributed by atoms with Crippen molar-refractivity contribution in [3.05, 3.63) is 101 Å². The van der Waals surface area contributed by atoms with Crippen molar-refractivity contribution in [2.24, 2.45) is 5.10 Å². The molecule has 4 rings (SSSR count). The summed E-state index contributed by atoms with van der Waals surface area (Å²) in [4.78, 5) is 13.2. The summed E-state index contributed by atoms with van der Waals surface area (Å²) < 4.78 is 0. The Labute approximate surface area is 151 Å². The molecule has 0 saturated heterocycles. The third-order valence-corrected chi connectivity index (χ3v) is 4.41. The Bertz CT molecular complexity index is 940. The van der Waals surface area contributed by atoms with Crippen molar-refractivity contribution in [3.63, 3.8) is 0 Å². The molecule has 0 spiro atoms. The van der Waals surface area contributed by atoms with E-state index in [1.165, 1.54) is 5.01 Å². The number of amides is 1. The average molecular weight is 347 g/mol. The molecular formula is C21H15ClN2O. The van der Waals surface area contributed by atoms with E-state index in [0.717, 1.165) is 16.8 Å². The monoisotopic (exact) mass is 346 g/mol. The predicted molar refractivity (Wildman–Crippen MR) is 102 cm³/mol. The Morgan fingerprint density at radius 1 is 0.960 bits per heavy atom. The fourth-order valence-electron chi connectivity index (χ4n) is 2.97. The van der Waals surface area contributed by atoms with Gasteiger partial charge in [-0.1, -0.05) is 72.3 Å². The highest BCUT2D eigenvalue weighted by Gasteiger charge is 2.34. The first-order valence-electron chi connectivity index (χ1n) is 8.04. The normalized spacial score (nSPS) is 19.9. The van der Waals surface area contributed by atoms with E-state index in [2.05, 4.69) is 5.10 Å². The van der Waals surface area contributed by atoms with Crippen LogP contribution in [0.4, 0.5) is 5.69 Å². The molecule has 0 bridgehead atoms. The van der Waals surface area contributed by atoms with Crippen LogP contribution in [0, 0.1) is 0 Å². The Morgan fingerprint density at radius 2 is 1.64 bits per heavy atom. The average Bonchev–Trinajstić information content (AvgIpc) is 3.00. The smallest absolute Gasteiger partial charge is 0.267 e. The van der Waals surface area contributed by atoms with E-state index in [1.807, 2.05) is 78.9 Å². The predicted octanol–water partition coefficient (Wildman–Crippen LogP) is 4.82. The molecule has 0 aromatic heterocycles. The number of nitrogens with zero attached hydrogens (tertiary/aromatic N) is 2. The maximum atomic E-state index is 13.2. The van der Waals surface area contributed by atoms with E-state index in [0.29, 0.717) is 22.7 Å². The number of carbonyl (C=O) groups is 1. The minimum Gasteiger partial charge on any atom is -0.267 e. The molecule has 2 aromatic rings. The fourth-order valence-corrected chi connectivity index (χ4v) is 3.19. The summed E-state index contributed by atoms with van der Waals surface area (Å²) in [5, 5.41) is 6.81. The van der Waals surface area contributed by atoms with Crippen LogP contribution in [0.5, 0.6) is 0 Å². The molecule has 2 aromatic carbocycles. The number of para-hydroxylation sites is 1. The second-order valence-corrected chi connectivity index (χ2v) is 6.30. The number of anilines is 1. The van der Waals surface area contributed by atoms with E-state index in [1.54, 1.807) is 0 Å². The lowest BCUT2D eigenvalue weighted by atomic mass is 9.94. The molecule has 1 aliphatic heterocycles. The van der Waals surface area contributed by atoms with Crippen LogP contribution in [0.15, 0.2) is 100 Å². The lowest BCUT2D eigenvalue weighted by molar-refractivity contribution is -0.114. The van der Waals surface area contributed by atoms with Crippen molar-refractivity contribution in [2.75, 3.05) is 5.01 Å². The summed E-state index contributed by atoms with van der Waals surface area (Å²) in [6.45, 7) is 0. The molecule has 1 aliphatic carbocycles. The van der Waals surface area contributed by atoms with Crippen LogP contribution < -0.4 is 5.01 Å². The van der Waals surface area contributed by atoms with Crippen molar-refractivity contribution in [2.45, 2.75) is 6.42 Å². The molecule has 0 fully saturated rings. The van der Waals surface area contributed by atoms with E-state index in [9.17, 15) is 4.79 Å². The summed E-state index contributed by atoms with van der Waals surface area (Å²) in [5.41, 5.74) is 3.84. The molecule has 1 amide bonds. The van der Waals surface area contributed by atoms with Gasteiger partial charge in [-0.05, 0) is 23.8 Å². The standard InChI is InChI=1S/C21H15ClN2O/c22-17-11-7-10-16(14-17)19-20(15-8-3-1-4-9-15)23-24(21(19)25)18-12-5-2-6-13-18/h1-13H,14H2. The van der Waals surface area contributed by atoms with Gasteiger partial charge in [0.1, 0.15) is 5.71 Å². The summed E-state index contributed by atoms with van der Waals surface area (Å²) in [5.74, 6) is -0.129. The highest BCUT2D eigenvalue weighted by atomic mass is 35.5. The van der Waals surface area contributed by atoms with Crippen LogP contribution in [-0.4, -0.2) is 11.6 Å². The molecular weight excluding hydrogens is 332 g/mol. The molecule has 3 nitrogen and oxygen atoms in total. The molecule has 25 heavy (non-hydrogen) atoms. The van der Waals surface area contributed by atoms with Crippen molar-refractivity contribution in [3.8, 4) is 0 Å².